The first-order valence-corrected chi connectivity index (χ1v) is 7.66. The fraction of sp³-hybridized carbons (Fsp3) is 0.500. The summed E-state index contributed by atoms with van der Waals surface area (Å²) in [5.41, 5.74) is 3.66. The second-order valence-corrected chi connectivity index (χ2v) is 5.37. The minimum Gasteiger partial charge on any atom is -0.356 e. The number of rotatable bonds is 6. The number of hydrogen-bond acceptors (Lipinski definition) is 2. The van der Waals surface area contributed by atoms with Crippen LogP contribution in [0.5, 0.6) is 0 Å². The summed E-state index contributed by atoms with van der Waals surface area (Å²) in [7, 11) is 3.78. The highest BCUT2D eigenvalue weighted by Crippen LogP contribution is 2.11. The molecule has 2 rings (SSSR count). The third kappa shape index (κ3) is 4.13. The zero-order valence-corrected chi connectivity index (χ0v) is 13.9. The summed E-state index contributed by atoms with van der Waals surface area (Å²) in [5, 5.41) is 11.1. The van der Waals surface area contributed by atoms with E-state index >= 15 is 0 Å². The van der Waals surface area contributed by atoms with Gasteiger partial charge in [0.2, 0.25) is 0 Å². The monoisotopic (exact) mass is 302 g/mol. The van der Waals surface area contributed by atoms with Gasteiger partial charge in [-0.15, -0.1) is 0 Å². The molecule has 6 heteroatoms. The minimum atomic E-state index is 0.839. The fourth-order valence-corrected chi connectivity index (χ4v) is 2.53. The number of nitrogens with zero attached hydrogens (tertiary/aromatic N) is 4. The van der Waals surface area contributed by atoms with Crippen LogP contribution >= 0.6 is 0 Å². The van der Waals surface area contributed by atoms with Crippen molar-refractivity contribution in [3.63, 3.8) is 0 Å². The first-order valence-electron chi connectivity index (χ1n) is 7.66. The van der Waals surface area contributed by atoms with E-state index in [1.807, 2.05) is 23.9 Å². The van der Waals surface area contributed by atoms with Crippen molar-refractivity contribution in [2.45, 2.75) is 26.8 Å². The van der Waals surface area contributed by atoms with Crippen LogP contribution in [-0.2, 0) is 20.0 Å². The SMILES string of the molecule is CN=C(NCCc1c(C)nn(C)c1C)NCCn1cccc1. The lowest BCUT2D eigenvalue weighted by Crippen LogP contribution is -2.39. The molecule has 22 heavy (non-hydrogen) atoms. The van der Waals surface area contributed by atoms with E-state index < -0.39 is 0 Å². The topological polar surface area (TPSA) is 59.2 Å². The van der Waals surface area contributed by atoms with Crippen LogP contribution < -0.4 is 10.6 Å². The molecule has 0 saturated heterocycles. The lowest BCUT2D eigenvalue weighted by atomic mass is 10.1. The molecule has 0 bridgehead atoms. The van der Waals surface area contributed by atoms with Crippen molar-refractivity contribution < 1.29 is 0 Å². The summed E-state index contributed by atoms with van der Waals surface area (Å²) in [4.78, 5) is 4.25. The Hall–Kier alpha value is -2.24. The van der Waals surface area contributed by atoms with E-state index in [4.69, 9.17) is 0 Å². The van der Waals surface area contributed by atoms with Crippen LogP contribution in [0.2, 0.25) is 0 Å². The van der Waals surface area contributed by atoms with Gasteiger partial charge in [0.1, 0.15) is 0 Å². The molecule has 2 aromatic rings. The van der Waals surface area contributed by atoms with Crippen LogP contribution in [-0.4, -0.2) is 40.4 Å². The van der Waals surface area contributed by atoms with Crippen molar-refractivity contribution >= 4 is 5.96 Å². The Balaban J connectivity index is 1.74. The molecule has 0 spiro atoms. The quantitative estimate of drug-likeness (QED) is 0.623. The van der Waals surface area contributed by atoms with E-state index in [-0.39, 0.29) is 0 Å². The Bertz CT molecular complexity index is 609. The predicted octanol–water partition coefficient (Wildman–Crippen LogP) is 1.25. The van der Waals surface area contributed by atoms with E-state index in [0.717, 1.165) is 37.7 Å². The molecule has 0 amide bonds. The van der Waals surface area contributed by atoms with Crippen molar-refractivity contribution in [2.75, 3.05) is 20.1 Å². The average molecular weight is 302 g/mol. The van der Waals surface area contributed by atoms with Gasteiger partial charge in [-0.1, -0.05) is 0 Å². The number of aromatic nitrogens is 3. The van der Waals surface area contributed by atoms with Crippen molar-refractivity contribution in [1.82, 2.24) is 25.0 Å². The van der Waals surface area contributed by atoms with Crippen molar-refractivity contribution in [1.29, 1.82) is 0 Å². The molecule has 2 aromatic heterocycles. The summed E-state index contributed by atoms with van der Waals surface area (Å²) >= 11 is 0. The fourth-order valence-electron chi connectivity index (χ4n) is 2.53. The van der Waals surface area contributed by atoms with Crippen molar-refractivity contribution in [2.24, 2.45) is 12.0 Å². The highest BCUT2D eigenvalue weighted by molar-refractivity contribution is 5.79. The maximum Gasteiger partial charge on any atom is 0.191 e. The zero-order valence-electron chi connectivity index (χ0n) is 13.9. The third-order valence-corrected chi connectivity index (χ3v) is 3.88. The molecule has 0 radical (unpaired) electrons. The summed E-state index contributed by atoms with van der Waals surface area (Å²) in [6.45, 7) is 6.79. The standard InChI is InChI=1S/C16H26N6/c1-13-15(14(2)21(4)20-13)7-8-18-16(17-3)19-9-12-22-10-5-6-11-22/h5-6,10-11H,7-9,12H2,1-4H3,(H2,17,18,19). The zero-order chi connectivity index (χ0) is 15.9. The normalized spacial score (nSPS) is 11.7. The van der Waals surface area contributed by atoms with Crippen LogP contribution in [0.4, 0.5) is 0 Å². The van der Waals surface area contributed by atoms with Gasteiger partial charge in [0.05, 0.1) is 5.69 Å². The minimum absolute atomic E-state index is 0.839. The third-order valence-electron chi connectivity index (χ3n) is 3.88. The van der Waals surface area contributed by atoms with Gasteiger partial charge in [-0.05, 0) is 38.0 Å². The van der Waals surface area contributed by atoms with E-state index in [2.05, 4.69) is 51.5 Å². The van der Waals surface area contributed by atoms with E-state index in [9.17, 15) is 0 Å². The number of nitrogens with one attached hydrogen (secondary N) is 2. The summed E-state index contributed by atoms with van der Waals surface area (Å²) in [6.07, 6.45) is 5.07. The average Bonchev–Trinajstić information content (AvgIpc) is 3.09. The van der Waals surface area contributed by atoms with Crippen molar-refractivity contribution in [3.8, 4) is 0 Å². The van der Waals surface area contributed by atoms with Gasteiger partial charge in [-0.25, -0.2) is 0 Å². The molecule has 0 saturated carbocycles. The molecular formula is C16H26N6. The second kappa shape index (κ2) is 7.68. The second-order valence-electron chi connectivity index (χ2n) is 5.37. The number of guanidine groups is 1. The predicted molar refractivity (Wildman–Crippen MR) is 90.2 cm³/mol. The lowest BCUT2D eigenvalue weighted by Gasteiger charge is -2.12. The molecular weight excluding hydrogens is 276 g/mol. The molecule has 120 valence electrons. The summed E-state index contributed by atoms with van der Waals surface area (Å²) in [5.74, 6) is 0.839. The van der Waals surface area contributed by atoms with Gasteiger partial charge >= 0.3 is 0 Å². The van der Waals surface area contributed by atoms with Crippen LogP contribution in [0, 0.1) is 13.8 Å². The Morgan fingerprint density at radius 2 is 1.86 bits per heavy atom. The first kappa shape index (κ1) is 16.1. The van der Waals surface area contributed by atoms with Gasteiger partial charge in [0.15, 0.2) is 5.96 Å². The van der Waals surface area contributed by atoms with Gasteiger partial charge in [0.25, 0.3) is 0 Å². The van der Waals surface area contributed by atoms with Crippen LogP contribution in [0.15, 0.2) is 29.5 Å². The highest BCUT2D eigenvalue weighted by atomic mass is 15.3. The Labute approximate surface area is 132 Å². The molecule has 0 aliphatic heterocycles. The maximum atomic E-state index is 4.45. The molecule has 0 atom stereocenters. The van der Waals surface area contributed by atoms with E-state index in [0.29, 0.717) is 0 Å². The number of hydrogen-bond donors (Lipinski definition) is 2. The highest BCUT2D eigenvalue weighted by Gasteiger charge is 2.08. The molecule has 0 aromatic carbocycles. The van der Waals surface area contributed by atoms with Crippen LogP contribution in [0.25, 0.3) is 0 Å². The summed E-state index contributed by atoms with van der Waals surface area (Å²) < 4.78 is 4.08. The molecule has 2 N–H and O–H groups in total. The van der Waals surface area contributed by atoms with E-state index in [1.54, 1.807) is 7.05 Å². The van der Waals surface area contributed by atoms with Gasteiger partial charge in [0, 0.05) is 51.8 Å². The summed E-state index contributed by atoms with van der Waals surface area (Å²) in [6, 6.07) is 4.07. The largest absolute Gasteiger partial charge is 0.356 e. The molecule has 0 fully saturated rings. The van der Waals surface area contributed by atoms with E-state index in [1.165, 1.54) is 11.3 Å². The van der Waals surface area contributed by atoms with Gasteiger partial charge < -0.3 is 15.2 Å². The first-order chi connectivity index (χ1) is 10.6. The van der Waals surface area contributed by atoms with Crippen LogP contribution in [0.1, 0.15) is 17.0 Å². The molecule has 6 nitrogen and oxygen atoms in total. The molecule has 0 aliphatic rings. The Morgan fingerprint density at radius 3 is 2.45 bits per heavy atom. The van der Waals surface area contributed by atoms with Gasteiger partial charge in [-0.2, -0.15) is 5.10 Å². The Morgan fingerprint density at radius 1 is 1.18 bits per heavy atom. The molecule has 2 heterocycles. The van der Waals surface area contributed by atoms with Gasteiger partial charge in [-0.3, -0.25) is 9.67 Å². The van der Waals surface area contributed by atoms with Crippen molar-refractivity contribution in [3.05, 3.63) is 41.5 Å². The van der Waals surface area contributed by atoms with Crippen LogP contribution in [0.3, 0.4) is 0 Å². The number of aliphatic imine (C=N–C) groups is 1. The maximum absolute atomic E-state index is 4.45. The lowest BCUT2D eigenvalue weighted by molar-refractivity contribution is 0.665. The number of aryl methyl sites for hydroxylation is 2. The molecule has 0 unspecified atom stereocenters. The molecule has 0 aliphatic carbocycles. The Kier molecular flexibility index (Phi) is 5.63. The smallest absolute Gasteiger partial charge is 0.191 e.